The zero-order valence-electron chi connectivity index (χ0n) is 6.77. The highest BCUT2D eigenvalue weighted by atomic mass is 14.9. The minimum Gasteiger partial charge on any atom is -0.317 e. The molecule has 0 spiro atoms. The molecule has 1 aliphatic rings. The molecule has 1 rings (SSSR count). The van der Waals surface area contributed by atoms with Gasteiger partial charge >= 0.3 is 0 Å². The van der Waals surface area contributed by atoms with Crippen molar-refractivity contribution in [1.29, 1.82) is 0 Å². The minimum atomic E-state index is 0.396. The fraction of sp³-hybridized carbons (Fsp3) is 1.00. The number of hydrogen-bond donors (Lipinski definition) is 1. The highest BCUT2D eigenvalue weighted by Crippen LogP contribution is 2.24. The zero-order valence-corrected chi connectivity index (χ0v) is 6.77. The molecule has 1 saturated carbocycles. The third-order valence-corrected chi connectivity index (χ3v) is 2.44. The lowest BCUT2D eigenvalue weighted by molar-refractivity contribution is 0.499. The van der Waals surface area contributed by atoms with Gasteiger partial charge in [-0.1, -0.05) is 31.5 Å². The van der Waals surface area contributed by atoms with E-state index in [2.05, 4.69) is 5.32 Å². The molecule has 1 nitrogen and oxygen atoms in total. The van der Waals surface area contributed by atoms with E-state index in [1.807, 2.05) is 7.05 Å². The van der Waals surface area contributed by atoms with Gasteiger partial charge in [-0.25, -0.2) is 0 Å². The van der Waals surface area contributed by atoms with Gasteiger partial charge in [0.15, 0.2) is 0 Å². The highest BCUT2D eigenvalue weighted by Gasteiger charge is 2.16. The summed E-state index contributed by atoms with van der Waals surface area (Å²) in [6, 6.07) is 0.572. The first-order valence-corrected chi connectivity index (χ1v) is 4.27. The average molecular weight is 137 g/mol. The van der Waals surface area contributed by atoms with Gasteiger partial charge in [-0.05, 0) is 13.5 Å². The Morgan fingerprint density at radius 3 is 2.60 bits per heavy atom. The molecule has 2 atom stereocenters. The molecule has 2 unspecified atom stereocenters. The van der Waals surface area contributed by atoms with Crippen molar-refractivity contribution in [2.45, 2.75) is 44.0 Å². The van der Waals surface area contributed by atoms with Crippen LogP contribution in [0, 0.1) is 0 Å². The molecule has 1 aliphatic carbocycles. The quantitative estimate of drug-likeness (QED) is 0.426. The monoisotopic (exact) mass is 137 g/mol. The second-order valence-electron chi connectivity index (χ2n) is 3.20. The zero-order chi connectivity index (χ0) is 7.40. The van der Waals surface area contributed by atoms with Crippen LogP contribution in [0.4, 0.5) is 0 Å². The van der Waals surface area contributed by atoms with E-state index in [9.17, 15) is 0 Å². The van der Waals surface area contributed by atoms with Gasteiger partial charge in [0.2, 0.25) is 0 Å². The summed E-state index contributed by atoms with van der Waals surface area (Å²) in [4.78, 5) is 0. The Bertz CT molecular complexity index is 95.3. The molecule has 0 aliphatic heterocycles. The van der Waals surface area contributed by atoms with E-state index in [0.29, 0.717) is 11.9 Å². The summed E-state index contributed by atoms with van der Waals surface area (Å²) in [5, 5.41) is 3.27. The van der Waals surface area contributed by atoms with Gasteiger partial charge in [-0.15, -0.1) is 0 Å². The summed E-state index contributed by atoms with van der Waals surface area (Å²) in [6.45, 7) is 0. The molecular weight excluding hydrogens is 121 g/mol. The van der Waals surface area contributed by atoms with Gasteiger partial charge in [-0.2, -0.15) is 0 Å². The van der Waals surface area contributed by atoms with Crippen molar-refractivity contribution in [2.24, 2.45) is 0 Å². The predicted molar refractivity (Wildman–Crippen MR) is 45.4 cm³/mol. The highest BCUT2D eigenvalue weighted by molar-refractivity contribution is 6.12. The maximum absolute atomic E-state index is 5.93. The molecule has 0 saturated heterocycles. The molecule has 0 amide bonds. The molecule has 0 aromatic carbocycles. The molecule has 0 bridgehead atoms. The van der Waals surface area contributed by atoms with E-state index in [1.165, 1.54) is 32.1 Å². The van der Waals surface area contributed by atoms with E-state index in [-0.39, 0.29) is 0 Å². The third kappa shape index (κ3) is 2.01. The van der Waals surface area contributed by atoms with Crippen LogP contribution in [0.15, 0.2) is 0 Å². The predicted octanol–water partition coefficient (Wildman–Crippen LogP) is 1.50. The lowest BCUT2D eigenvalue weighted by Gasteiger charge is -2.20. The van der Waals surface area contributed by atoms with E-state index in [1.54, 1.807) is 0 Å². The summed E-state index contributed by atoms with van der Waals surface area (Å²) < 4.78 is 0. The molecule has 2 radical (unpaired) electrons. The van der Waals surface area contributed by atoms with Crippen LogP contribution in [0.2, 0.25) is 5.82 Å². The maximum atomic E-state index is 5.93. The first-order valence-electron chi connectivity index (χ1n) is 4.27. The van der Waals surface area contributed by atoms with Crippen molar-refractivity contribution in [2.75, 3.05) is 7.05 Å². The van der Waals surface area contributed by atoms with Crippen molar-refractivity contribution >= 4 is 7.85 Å². The number of nitrogens with one attached hydrogen (secondary N) is 1. The molecular formula is C8H16BN. The number of rotatable bonds is 1. The Kier molecular flexibility index (Phi) is 3.27. The topological polar surface area (TPSA) is 12.0 Å². The maximum Gasteiger partial charge on any atom is 0.0720 e. The fourth-order valence-corrected chi connectivity index (χ4v) is 1.69. The molecule has 10 heavy (non-hydrogen) atoms. The largest absolute Gasteiger partial charge is 0.317 e. The van der Waals surface area contributed by atoms with E-state index >= 15 is 0 Å². The average Bonchev–Trinajstić information content (AvgIpc) is 2.13. The Balaban J connectivity index is 2.35. The van der Waals surface area contributed by atoms with Gasteiger partial charge in [-0.3, -0.25) is 0 Å². The van der Waals surface area contributed by atoms with Crippen LogP contribution >= 0.6 is 0 Å². The molecule has 1 fully saturated rings. The Labute approximate surface area is 65.0 Å². The van der Waals surface area contributed by atoms with E-state index < -0.39 is 0 Å². The summed E-state index contributed by atoms with van der Waals surface area (Å²) in [5.41, 5.74) is 0. The standard InChI is InChI=1S/C8H16BN/c1-10-8-6-4-2-3-5-7(8)9/h7-8,10H,2-6H2,1H3. The Hall–Kier alpha value is 0.0249. The minimum absolute atomic E-state index is 0.396. The molecule has 0 aromatic rings. The molecule has 1 N–H and O–H groups in total. The van der Waals surface area contributed by atoms with Crippen molar-refractivity contribution in [3.63, 3.8) is 0 Å². The first-order chi connectivity index (χ1) is 4.84. The van der Waals surface area contributed by atoms with Gasteiger partial charge in [0, 0.05) is 6.04 Å². The van der Waals surface area contributed by atoms with Crippen molar-refractivity contribution in [1.82, 2.24) is 5.32 Å². The van der Waals surface area contributed by atoms with Crippen LogP contribution in [0.3, 0.4) is 0 Å². The molecule has 2 heteroatoms. The van der Waals surface area contributed by atoms with E-state index in [4.69, 9.17) is 7.85 Å². The lowest BCUT2D eigenvalue weighted by atomic mass is 9.78. The van der Waals surface area contributed by atoms with Crippen LogP contribution in [0.5, 0.6) is 0 Å². The molecule has 0 heterocycles. The van der Waals surface area contributed by atoms with Gasteiger partial charge in [0.25, 0.3) is 0 Å². The molecule has 0 aromatic heterocycles. The van der Waals surface area contributed by atoms with E-state index in [0.717, 1.165) is 0 Å². The van der Waals surface area contributed by atoms with Crippen molar-refractivity contribution in [3.05, 3.63) is 0 Å². The van der Waals surface area contributed by atoms with Crippen LogP contribution in [0.1, 0.15) is 32.1 Å². The normalized spacial score (nSPS) is 35.3. The van der Waals surface area contributed by atoms with Gasteiger partial charge in [0.1, 0.15) is 0 Å². The second-order valence-corrected chi connectivity index (χ2v) is 3.20. The molecule has 56 valence electrons. The second kappa shape index (κ2) is 4.02. The van der Waals surface area contributed by atoms with Crippen molar-refractivity contribution < 1.29 is 0 Å². The summed E-state index contributed by atoms with van der Waals surface area (Å²) in [5.74, 6) is 0.396. The Morgan fingerprint density at radius 1 is 1.20 bits per heavy atom. The summed E-state index contributed by atoms with van der Waals surface area (Å²) >= 11 is 0. The number of hydrogen-bond acceptors (Lipinski definition) is 1. The summed E-state index contributed by atoms with van der Waals surface area (Å²) in [7, 11) is 7.94. The smallest absolute Gasteiger partial charge is 0.0720 e. The van der Waals surface area contributed by atoms with Gasteiger partial charge < -0.3 is 5.32 Å². The summed E-state index contributed by atoms with van der Waals surface area (Å²) in [6.07, 6.45) is 6.49. The van der Waals surface area contributed by atoms with Gasteiger partial charge in [0.05, 0.1) is 7.85 Å². The van der Waals surface area contributed by atoms with Crippen molar-refractivity contribution in [3.8, 4) is 0 Å². The van der Waals surface area contributed by atoms with Crippen LogP contribution in [-0.4, -0.2) is 20.9 Å². The fourth-order valence-electron chi connectivity index (χ4n) is 1.69. The van der Waals surface area contributed by atoms with Crippen LogP contribution < -0.4 is 5.32 Å². The first kappa shape index (κ1) is 8.12. The third-order valence-electron chi connectivity index (χ3n) is 2.44. The van der Waals surface area contributed by atoms with Crippen LogP contribution in [0.25, 0.3) is 0 Å². The lowest BCUT2D eigenvalue weighted by Crippen LogP contribution is -2.29. The van der Waals surface area contributed by atoms with Crippen LogP contribution in [-0.2, 0) is 0 Å². The SMILES string of the molecule is [B]C1CCCCCC1NC. The Morgan fingerprint density at radius 2 is 1.90 bits per heavy atom.